The Morgan fingerprint density at radius 2 is 1.52 bits per heavy atom. The predicted octanol–water partition coefficient (Wildman–Crippen LogP) is 2.51. The highest BCUT2D eigenvalue weighted by Gasteiger charge is 2.36. The van der Waals surface area contributed by atoms with Crippen LogP contribution in [0.5, 0.6) is 0 Å². The molecule has 4 rings (SSSR count). The van der Waals surface area contributed by atoms with Gasteiger partial charge in [-0.25, -0.2) is 4.79 Å². The topological polar surface area (TPSA) is 78.4 Å². The number of aliphatic carboxylic acids is 1. The summed E-state index contributed by atoms with van der Waals surface area (Å²) >= 11 is 0. The van der Waals surface area contributed by atoms with Crippen molar-refractivity contribution < 1.29 is 14.7 Å². The molecule has 0 aromatic rings. The molecule has 1 atom stereocenters. The van der Waals surface area contributed by atoms with Crippen molar-refractivity contribution in [3.63, 3.8) is 0 Å². The number of carboxylic acid groups (broad SMARTS) is 1. The lowest BCUT2D eigenvalue weighted by atomic mass is 9.68. The number of carbonyl (C=O) groups excluding carboxylic acids is 1. The van der Waals surface area contributed by atoms with Crippen molar-refractivity contribution in [3.8, 4) is 0 Å². The number of fused-ring (bicyclic) bond motifs is 3. The maximum absolute atomic E-state index is 12.1. The molecule has 1 unspecified atom stereocenters. The van der Waals surface area contributed by atoms with Gasteiger partial charge in [0.15, 0.2) is 0 Å². The van der Waals surface area contributed by atoms with Gasteiger partial charge < -0.3 is 15.7 Å². The fourth-order valence-corrected chi connectivity index (χ4v) is 4.43. The van der Waals surface area contributed by atoms with Crippen LogP contribution in [0.3, 0.4) is 0 Å². The zero-order valence-electron chi connectivity index (χ0n) is 12.5. The van der Waals surface area contributed by atoms with E-state index in [1.165, 1.54) is 25.7 Å². The molecule has 0 aromatic carbocycles. The maximum atomic E-state index is 12.1. The van der Waals surface area contributed by atoms with Crippen LogP contribution in [0.15, 0.2) is 0 Å². The molecular formula is C16H26N2O3. The molecule has 4 fully saturated rings. The molecule has 5 heteroatoms. The second kappa shape index (κ2) is 6.24. The Morgan fingerprint density at radius 1 is 0.857 bits per heavy atom. The highest BCUT2D eigenvalue weighted by molar-refractivity contribution is 5.75. The summed E-state index contributed by atoms with van der Waals surface area (Å²) in [6.07, 6.45) is 9.25. The van der Waals surface area contributed by atoms with E-state index >= 15 is 0 Å². The molecule has 4 saturated carbocycles. The van der Waals surface area contributed by atoms with Crippen molar-refractivity contribution >= 4 is 12.0 Å². The van der Waals surface area contributed by atoms with Gasteiger partial charge in [0.25, 0.3) is 0 Å². The third-order valence-electron chi connectivity index (χ3n) is 5.78. The first-order valence-corrected chi connectivity index (χ1v) is 8.41. The summed E-state index contributed by atoms with van der Waals surface area (Å²) in [6.45, 7) is 0. The van der Waals surface area contributed by atoms with E-state index in [0.29, 0.717) is 24.8 Å². The van der Waals surface area contributed by atoms with Gasteiger partial charge in [-0.2, -0.15) is 0 Å². The fourth-order valence-electron chi connectivity index (χ4n) is 4.43. The number of urea groups is 1. The number of hydrogen-bond donors (Lipinski definition) is 3. The normalized spacial score (nSPS) is 38.8. The van der Waals surface area contributed by atoms with Crippen molar-refractivity contribution in [2.75, 3.05) is 0 Å². The van der Waals surface area contributed by atoms with E-state index in [0.717, 1.165) is 25.2 Å². The van der Waals surface area contributed by atoms with Crippen molar-refractivity contribution in [1.29, 1.82) is 0 Å². The molecule has 2 bridgehead atoms. The van der Waals surface area contributed by atoms with Crippen LogP contribution in [0, 0.1) is 17.8 Å². The third kappa shape index (κ3) is 3.50. The Hall–Kier alpha value is -1.26. The van der Waals surface area contributed by atoms with Gasteiger partial charge in [-0.1, -0.05) is 12.8 Å². The quantitative estimate of drug-likeness (QED) is 0.748. The van der Waals surface area contributed by atoms with E-state index in [1.807, 2.05) is 0 Å². The van der Waals surface area contributed by atoms with Gasteiger partial charge in [0.2, 0.25) is 0 Å². The molecule has 0 radical (unpaired) electrons. The molecule has 4 aliphatic carbocycles. The summed E-state index contributed by atoms with van der Waals surface area (Å²) in [7, 11) is 0. The van der Waals surface area contributed by atoms with E-state index in [2.05, 4.69) is 10.6 Å². The number of amides is 2. The van der Waals surface area contributed by atoms with Crippen LogP contribution < -0.4 is 10.6 Å². The third-order valence-corrected chi connectivity index (χ3v) is 5.78. The minimum atomic E-state index is -0.698. The molecule has 21 heavy (non-hydrogen) atoms. The zero-order chi connectivity index (χ0) is 14.8. The Bertz CT molecular complexity index is 396. The Kier molecular flexibility index (Phi) is 4.36. The van der Waals surface area contributed by atoms with Gasteiger partial charge in [-0.3, -0.25) is 4.79 Å². The summed E-state index contributed by atoms with van der Waals surface area (Å²) < 4.78 is 0. The SMILES string of the molecule is O=C(NC1CCC(C(=O)O)CC1)NC1CC2CCC1CC2. The highest BCUT2D eigenvalue weighted by Crippen LogP contribution is 2.41. The van der Waals surface area contributed by atoms with Crippen LogP contribution in [-0.2, 0) is 4.79 Å². The van der Waals surface area contributed by atoms with Crippen LogP contribution in [0.25, 0.3) is 0 Å². The van der Waals surface area contributed by atoms with E-state index in [1.54, 1.807) is 0 Å². The maximum Gasteiger partial charge on any atom is 0.315 e. The molecule has 0 saturated heterocycles. The first kappa shape index (κ1) is 14.7. The van der Waals surface area contributed by atoms with Gasteiger partial charge in [0, 0.05) is 12.1 Å². The first-order valence-electron chi connectivity index (χ1n) is 8.41. The first-order chi connectivity index (χ1) is 10.1. The summed E-state index contributed by atoms with van der Waals surface area (Å²) in [6, 6.07) is 0.445. The molecule has 0 aliphatic heterocycles. The average molecular weight is 294 g/mol. The van der Waals surface area contributed by atoms with Gasteiger partial charge in [0.05, 0.1) is 5.92 Å². The number of nitrogens with one attached hydrogen (secondary N) is 2. The standard InChI is InChI=1S/C16H26N2O3/c19-15(20)12-5-7-13(8-6-12)17-16(21)18-14-9-10-1-3-11(14)4-2-10/h10-14H,1-9H2,(H,19,20)(H2,17,18,21). The van der Waals surface area contributed by atoms with Crippen LogP contribution in [0.1, 0.15) is 57.8 Å². The summed E-state index contributed by atoms with van der Waals surface area (Å²) in [5.74, 6) is 0.561. The Labute approximate surface area is 125 Å². The molecule has 5 nitrogen and oxygen atoms in total. The predicted molar refractivity (Wildman–Crippen MR) is 78.9 cm³/mol. The van der Waals surface area contributed by atoms with Crippen molar-refractivity contribution in [3.05, 3.63) is 0 Å². The van der Waals surface area contributed by atoms with E-state index in [-0.39, 0.29) is 18.0 Å². The highest BCUT2D eigenvalue weighted by atomic mass is 16.4. The van der Waals surface area contributed by atoms with Gasteiger partial charge in [0.1, 0.15) is 0 Å². The number of rotatable bonds is 3. The average Bonchev–Trinajstić information content (AvgIpc) is 2.49. The molecule has 118 valence electrons. The Balaban J connectivity index is 1.42. The van der Waals surface area contributed by atoms with E-state index < -0.39 is 5.97 Å². The van der Waals surface area contributed by atoms with E-state index in [4.69, 9.17) is 5.11 Å². The minimum Gasteiger partial charge on any atom is -0.481 e. The lowest BCUT2D eigenvalue weighted by Gasteiger charge is -2.42. The molecule has 0 heterocycles. The van der Waals surface area contributed by atoms with Gasteiger partial charge in [-0.05, 0) is 56.8 Å². The summed E-state index contributed by atoms with van der Waals surface area (Å²) in [4.78, 5) is 23.1. The van der Waals surface area contributed by atoms with Crippen molar-refractivity contribution in [1.82, 2.24) is 10.6 Å². The molecule has 3 N–H and O–H groups in total. The van der Waals surface area contributed by atoms with E-state index in [9.17, 15) is 9.59 Å². The smallest absolute Gasteiger partial charge is 0.315 e. The monoisotopic (exact) mass is 294 g/mol. The van der Waals surface area contributed by atoms with Crippen LogP contribution >= 0.6 is 0 Å². The lowest BCUT2D eigenvalue weighted by Crippen LogP contribution is -2.52. The number of hydrogen-bond acceptors (Lipinski definition) is 2. The van der Waals surface area contributed by atoms with Crippen LogP contribution in [0.4, 0.5) is 4.79 Å². The lowest BCUT2D eigenvalue weighted by molar-refractivity contribution is -0.142. The van der Waals surface area contributed by atoms with Gasteiger partial charge in [-0.15, -0.1) is 0 Å². The van der Waals surface area contributed by atoms with Crippen LogP contribution in [0.2, 0.25) is 0 Å². The number of carboxylic acids is 1. The fraction of sp³-hybridized carbons (Fsp3) is 0.875. The second-order valence-electron chi connectivity index (χ2n) is 7.13. The molecule has 4 aliphatic rings. The molecular weight excluding hydrogens is 268 g/mol. The largest absolute Gasteiger partial charge is 0.481 e. The van der Waals surface area contributed by atoms with Crippen molar-refractivity contribution in [2.24, 2.45) is 17.8 Å². The summed E-state index contributed by atoms with van der Waals surface area (Å²) in [5.41, 5.74) is 0. The Morgan fingerprint density at radius 3 is 2.05 bits per heavy atom. The van der Waals surface area contributed by atoms with Crippen molar-refractivity contribution in [2.45, 2.75) is 69.9 Å². The van der Waals surface area contributed by atoms with Crippen LogP contribution in [-0.4, -0.2) is 29.2 Å². The van der Waals surface area contributed by atoms with Gasteiger partial charge >= 0.3 is 12.0 Å². The summed E-state index contributed by atoms with van der Waals surface area (Å²) in [5, 5.41) is 15.2. The molecule has 0 aromatic heterocycles. The second-order valence-corrected chi connectivity index (χ2v) is 7.13. The number of carbonyl (C=O) groups is 2. The zero-order valence-corrected chi connectivity index (χ0v) is 12.5. The molecule has 2 amide bonds. The molecule has 0 spiro atoms. The minimum absolute atomic E-state index is 0.0497.